The second-order valence-electron chi connectivity index (χ2n) is 5.94. The summed E-state index contributed by atoms with van der Waals surface area (Å²) in [5, 5.41) is 2.63. The van der Waals surface area contributed by atoms with Gasteiger partial charge in [0.1, 0.15) is 0 Å². The third-order valence-electron chi connectivity index (χ3n) is 4.33. The summed E-state index contributed by atoms with van der Waals surface area (Å²) in [6.45, 7) is 0.604. The molecule has 1 fully saturated rings. The summed E-state index contributed by atoms with van der Waals surface area (Å²) >= 11 is 1.48. The highest BCUT2D eigenvalue weighted by Crippen LogP contribution is 2.26. The van der Waals surface area contributed by atoms with Crippen LogP contribution in [0, 0.1) is 0 Å². The van der Waals surface area contributed by atoms with Crippen LogP contribution in [0.4, 0.5) is 9.93 Å². The first-order chi connectivity index (χ1) is 11.3. The van der Waals surface area contributed by atoms with E-state index in [4.69, 9.17) is 0 Å². The number of rotatable bonds is 4. The number of carbonyl (C=O) groups excluding carboxylic acids is 1. The monoisotopic (exact) mass is 330 g/mol. The molecule has 6 heteroatoms. The molecule has 0 spiro atoms. The first kappa shape index (κ1) is 15.9. The topological polar surface area (TPSA) is 49.3 Å². The Hall–Kier alpha value is -1.95. The fourth-order valence-electron chi connectivity index (χ4n) is 3.09. The molecule has 122 valence electrons. The van der Waals surface area contributed by atoms with Crippen LogP contribution in [0.15, 0.2) is 36.1 Å². The molecule has 0 saturated heterocycles. The molecule has 1 aliphatic rings. The van der Waals surface area contributed by atoms with Gasteiger partial charge in [-0.05, 0) is 24.5 Å². The quantitative estimate of drug-likeness (QED) is 0.853. The molecule has 0 N–H and O–H groups in total. The Balaban J connectivity index is 1.80. The van der Waals surface area contributed by atoms with E-state index in [1.165, 1.54) is 30.6 Å². The van der Waals surface area contributed by atoms with Gasteiger partial charge in [0, 0.05) is 43.6 Å². The highest BCUT2D eigenvalue weighted by atomic mass is 32.1. The fraction of sp³-hybridized carbons (Fsp3) is 0.471. The standard InChI is InChI=1S/C17H22N4OS/c1-20(16-19-10-11-23-16)17(22)21(15-7-3-2-4-8-15)13-14-6-5-9-18-12-14/h5-6,9-12,15H,2-4,7-8,13H2,1H3. The number of carbonyl (C=O) groups is 1. The summed E-state index contributed by atoms with van der Waals surface area (Å²) in [6.07, 6.45) is 11.2. The minimum atomic E-state index is 0.0238. The van der Waals surface area contributed by atoms with E-state index in [1.807, 2.05) is 28.6 Å². The second-order valence-corrected chi connectivity index (χ2v) is 6.81. The lowest BCUT2D eigenvalue weighted by molar-refractivity contribution is 0.158. The Morgan fingerprint density at radius 3 is 2.78 bits per heavy atom. The summed E-state index contributed by atoms with van der Waals surface area (Å²) in [5.41, 5.74) is 1.07. The van der Waals surface area contributed by atoms with Gasteiger partial charge in [-0.2, -0.15) is 0 Å². The Labute approximate surface area is 141 Å². The zero-order valence-electron chi connectivity index (χ0n) is 13.4. The van der Waals surface area contributed by atoms with Crippen molar-refractivity contribution in [2.45, 2.75) is 44.7 Å². The van der Waals surface area contributed by atoms with Gasteiger partial charge in [0.25, 0.3) is 0 Å². The minimum Gasteiger partial charge on any atom is -0.317 e. The Kier molecular flexibility index (Phi) is 5.23. The van der Waals surface area contributed by atoms with Crippen LogP contribution in [0.3, 0.4) is 0 Å². The average molecular weight is 330 g/mol. The van der Waals surface area contributed by atoms with Crippen molar-refractivity contribution in [3.63, 3.8) is 0 Å². The fourth-order valence-corrected chi connectivity index (χ4v) is 3.69. The average Bonchev–Trinajstić information content (AvgIpc) is 3.15. The molecule has 3 rings (SSSR count). The van der Waals surface area contributed by atoms with Gasteiger partial charge in [-0.25, -0.2) is 9.78 Å². The number of urea groups is 1. The van der Waals surface area contributed by atoms with Crippen LogP contribution >= 0.6 is 11.3 Å². The van der Waals surface area contributed by atoms with Crippen LogP contribution in [0.1, 0.15) is 37.7 Å². The van der Waals surface area contributed by atoms with E-state index < -0.39 is 0 Å². The molecule has 1 saturated carbocycles. The molecule has 2 aromatic heterocycles. The molecule has 0 atom stereocenters. The molecular weight excluding hydrogens is 308 g/mol. The van der Waals surface area contributed by atoms with Crippen LogP contribution in [0.5, 0.6) is 0 Å². The van der Waals surface area contributed by atoms with Gasteiger partial charge in [-0.15, -0.1) is 11.3 Å². The number of pyridine rings is 1. The summed E-state index contributed by atoms with van der Waals surface area (Å²) in [5.74, 6) is 0. The molecule has 1 aliphatic carbocycles. The van der Waals surface area contributed by atoms with E-state index in [-0.39, 0.29) is 6.03 Å². The van der Waals surface area contributed by atoms with Crippen LogP contribution in [-0.2, 0) is 6.54 Å². The number of anilines is 1. The predicted octanol–water partition coefficient (Wildman–Crippen LogP) is 3.93. The molecule has 23 heavy (non-hydrogen) atoms. The van der Waals surface area contributed by atoms with Gasteiger partial charge in [0.2, 0.25) is 0 Å². The van der Waals surface area contributed by atoms with E-state index in [9.17, 15) is 4.79 Å². The van der Waals surface area contributed by atoms with E-state index in [1.54, 1.807) is 24.3 Å². The number of amides is 2. The maximum absolute atomic E-state index is 13.0. The number of nitrogens with zero attached hydrogens (tertiary/aromatic N) is 4. The molecule has 0 radical (unpaired) electrons. The van der Waals surface area contributed by atoms with Crippen molar-refractivity contribution in [3.8, 4) is 0 Å². The number of hydrogen-bond acceptors (Lipinski definition) is 4. The highest BCUT2D eigenvalue weighted by molar-refractivity contribution is 7.13. The molecule has 0 bridgehead atoms. The molecule has 0 aromatic carbocycles. The predicted molar refractivity (Wildman–Crippen MR) is 92.6 cm³/mol. The van der Waals surface area contributed by atoms with Crippen molar-refractivity contribution in [1.29, 1.82) is 0 Å². The second kappa shape index (κ2) is 7.55. The van der Waals surface area contributed by atoms with Crippen LogP contribution in [0.25, 0.3) is 0 Å². The SMILES string of the molecule is CN(C(=O)N(Cc1cccnc1)C1CCCCC1)c1nccs1. The first-order valence-corrected chi connectivity index (χ1v) is 8.96. The minimum absolute atomic E-state index is 0.0238. The Morgan fingerprint density at radius 1 is 1.30 bits per heavy atom. The highest BCUT2D eigenvalue weighted by Gasteiger charge is 2.29. The lowest BCUT2D eigenvalue weighted by atomic mass is 9.94. The number of hydrogen-bond donors (Lipinski definition) is 0. The van der Waals surface area contributed by atoms with Crippen molar-refractivity contribution in [2.24, 2.45) is 0 Å². The van der Waals surface area contributed by atoms with E-state index in [2.05, 4.69) is 9.97 Å². The van der Waals surface area contributed by atoms with Crippen molar-refractivity contribution < 1.29 is 4.79 Å². The molecule has 2 heterocycles. The Bertz CT molecular complexity index is 611. The van der Waals surface area contributed by atoms with E-state index in [0.717, 1.165) is 23.5 Å². The van der Waals surface area contributed by atoms with Crippen LogP contribution < -0.4 is 4.90 Å². The van der Waals surface area contributed by atoms with Gasteiger partial charge < -0.3 is 4.90 Å². The maximum atomic E-state index is 13.0. The van der Waals surface area contributed by atoms with Crippen LogP contribution in [-0.4, -0.2) is 34.0 Å². The van der Waals surface area contributed by atoms with Crippen molar-refractivity contribution in [1.82, 2.24) is 14.9 Å². The summed E-state index contributed by atoms with van der Waals surface area (Å²) in [6, 6.07) is 4.28. The number of aromatic nitrogens is 2. The van der Waals surface area contributed by atoms with Gasteiger partial charge in [-0.3, -0.25) is 9.88 Å². The molecule has 2 aromatic rings. The normalized spacial score (nSPS) is 15.3. The molecule has 0 aliphatic heterocycles. The van der Waals surface area contributed by atoms with E-state index >= 15 is 0 Å². The molecule has 0 unspecified atom stereocenters. The summed E-state index contributed by atoms with van der Waals surface area (Å²) in [4.78, 5) is 25.1. The molecule has 2 amide bonds. The Morgan fingerprint density at radius 2 is 2.13 bits per heavy atom. The van der Waals surface area contributed by atoms with Crippen LogP contribution in [0.2, 0.25) is 0 Å². The third-order valence-corrected chi connectivity index (χ3v) is 5.18. The summed E-state index contributed by atoms with van der Waals surface area (Å²) < 4.78 is 0. The largest absolute Gasteiger partial charge is 0.326 e. The van der Waals surface area contributed by atoms with Gasteiger partial charge in [0.05, 0.1) is 0 Å². The lowest BCUT2D eigenvalue weighted by Crippen LogP contribution is -2.47. The first-order valence-electron chi connectivity index (χ1n) is 8.08. The third kappa shape index (κ3) is 3.88. The molecule has 5 nitrogen and oxygen atoms in total. The maximum Gasteiger partial charge on any atom is 0.326 e. The molecular formula is C17H22N4OS. The lowest BCUT2D eigenvalue weighted by Gasteiger charge is -2.36. The smallest absolute Gasteiger partial charge is 0.317 e. The number of thiazole rings is 1. The van der Waals surface area contributed by atoms with Gasteiger partial charge in [-0.1, -0.05) is 25.3 Å². The van der Waals surface area contributed by atoms with Crippen molar-refractivity contribution in [2.75, 3.05) is 11.9 Å². The zero-order chi connectivity index (χ0) is 16.1. The van der Waals surface area contributed by atoms with E-state index in [0.29, 0.717) is 12.6 Å². The van der Waals surface area contributed by atoms with Gasteiger partial charge in [0.15, 0.2) is 5.13 Å². The van der Waals surface area contributed by atoms with Crippen molar-refractivity contribution in [3.05, 3.63) is 41.7 Å². The van der Waals surface area contributed by atoms with Gasteiger partial charge >= 0.3 is 6.03 Å². The zero-order valence-corrected chi connectivity index (χ0v) is 14.2. The van der Waals surface area contributed by atoms with Crippen molar-refractivity contribution >= 4 is 22.5 Å². The summed E-state index contributed by atoms with van der Waals surface area (Å²) in [7, 11) is 1.81.